The largest absolute Gasteiger partial charge is 0.293 e. The van der Waals surface area contributed by atoms with Crippen LogP contribution in [0.1, 0.15) is 34.0 Å². The zero-order valence-electron chi connectivity index (χ0n) is 17.8. The molecule has 1 aliphatic rings. The topological polar surface area (TPSA) is 29.4 Å². The van der Waals surface area contributed by atoms with E-state index < -0.39 is 5.41 Å². The van der Waals surface area contributed by atoms with E-state index in [2.05, 4.69) is 66.7 Å². The summed E-state index contributed by atoms with van der Waals surface area (Å²) in [6.45, 7) is 1.98. The second-order valence-electron chi connectivity index (χ2n) is 7.91. The summed E-state index contributed by atoms with van der Waals surface area (Å²) in [5.41, 5.74) is 4.60. The summed E-state index contributed by atoms with van der Waals surface area (Å²) in [6, 6.07) is 38.8. The van der Waals surface area contributed by atoms with Crippen molar-refractivity contribution in [2.75, 3.05) is 0 Å². The predicted octanol–water partition coefficient (Wildman–Crippen LogP) is 7.07. The number of ketones is 1. The average Bonchev–Trinajstić information content (AvgIpc) is 3.19. The Hall–Kier alpha value is -3.43. The molecular weight excluding hydrogens is 410 g/mol. The van der Waals surface area contributed by atoms with Crippen molar-refractivity contribution in [2.45, 2.75) is 17.6 Å². The van der Waals surface area contributed by atoms with E-state index in [0.29, 0.717) is 0 Å². The molecule has 0 bridgehead atoms. The fraction of sp³-hybridized carbons (Fsp3) is 0.103. The van der Waals surface area contributed by atoms with Crippen molar-refractivity contribution < 1.29 is 4.79 Å². The number of Topliss-reactive ketones (excluding diaryl/α,β-unsaturated/α-hetero) is 1. The van der Waals surface area contributed by atoms with E-state index in [-0.39, 0.29) is 11.0 Å². The molecule has 0 saturated heterocycles. The summed E-state index contributed by atoms with van der Waals surface area (Å²) in [4.78, 5) is 18.3. The molecule has 1 aliphatic heterocycles. The van der Waals surface area contributed by atoms with E-state index in [1.165, 1.54) is 0 Å². The first-order valence-corrected chi connectivity index (χ1v) is 11.6. The van der Waals surface area contributed by atoms with Gasteiger partial charge in [-0.2, -0.15) is 0 Å². The Morgan fingerprint density at radius 1 is 0.719 bits per heavy atom. The summed E-state index contributed by atoms with van der Waals surface area (Å²) < 4.78 is 0. The van der Waals surface area contributed by atoms with Gasteiger partial charge in [0.1, 0.15) is 0 Å². The summed E-state index contributed by atoms with van der Waals surface area (Å²) >= 11 is 1.56. The number of carbonyl (C=O) groups is 1. The molecule has 0 aliphatic carbocycles. The Kier molecular flexibility index (Phi) is 5.50. The van der Waals surface area contributed by atoms with E-state index >= 15 is 0 Å². The molecule has 4 aromatic carbocycles. The van der Waals surface area contributed by atoms with Crippen LogP contribution in [-0.4, -0.2) is 16.1 Å². The Bertz CT molecular complexity index is 1230. The highest BCUT2D eigenvalue weighted by Gasteiger charge is 2.47. The minimum Gasteiger partial charge on any atom is -0.293 e. The summed E-state index contributed by atoms with van der Waals surface area (Å²) in [5, 5.41) is 0.671. The smallest absolute Gasteiger partial charge is 0.175 e. The lowest BCUT2D eigenvalue weighted by molar-refractivity contribution is 0.0994. The van der Waals surface area contributed by atoms with Gasteiger partial charge in [0.15, 0.2) is 5.78 Å². The Morgan fingerprint density at radius 2 is 1.22 bits per heavy atom. The minimum absolute atomic E-state index is 0.115. The number of para-hydroxylation sites is 1. The van der Waals surface area contributed by atoms with Crippen LogP contribution in [0.15, 0.2) is 120 Å². The minimum atomic E-state index is -0.547. The van der Waals surface area contributed by atoms with Crippen LogP contribution in [0.5, 0.6) is 0 Å². The van der Waals surface area contributed by atoms with Crippen molar-refractivity contribution in [3.63, 3.8) is 0 Å². The van der Waals surface area contributed by atoms with Crippen molar-refractivity contribution in [1.29, 1.82) is 0 Å². The number of nitrogens with zero attached hydrogens (tertiary/aromatic N) is 1. The van der Waals surface area contributed by atoms with Crippen LogP contribution in [0.25, 0.3) is 0 Å². The molecule has 1 atom stereocenters. The number of benzene rings is 4. The molecule has 1 heterocycles. The van der Waals surface area contributed by atoms with Gasteiger partial charge in [-0.15, -0.1) is 0 Å². The lowest BCUT2D eigenvalue weighted by Crippen LogP contribution is -2.36. The van der Waals surface area contributed by atoms with Gasteiger partial charge in [0, 0.05) is 5.56 Å². The number of rotatable bonds is 5. The standard InChI is InChI=1S/C29H23NOS/c1-21(27(31)22-13-5-2-6-14-22)32-28-29(23-15-7-3-8-16-23,24-17-9-4-10-18-24)25-19-11-12-20-26(25)30-28/h2-21H,1H3. The third kappa shape index (κ3) is 3.39. The van der Waals surface area contributed by atoms with Gasteiger partial charge >= 0.3 is 0 Å². The maximum absolute atomic E-state index is 13.2. The predicted molar refractivity (Wildman–Crippen MR) is 134 cm³/mol. The van der Waals surface area contributed by atoms with Crippen molar-refractivity contribution in [1.82, 2.24) is 0 Å². The lowest BCUT2D eigenvalue weighted by atomic mass is 9.71. The molecule has 2 nitrogen and oxygen atoms in total. The number of carbonyl (C=O) groups excluding carboxylic acids is 1. The Balaban J connectivity index is 1.66. The first-order valence-electron chi connectivity index (χ1n) is 10.8. The lowest BCUT2D eigenvalue weighted by Gasteiger charge is -2.34. The molecule has 32 heavy (non-hydrogen) atoms. The zero-order chi connectivity index (χ0) is 22.0. The highest BCUT2D eigenvalue weighted by Crippen LogP contribution is 2.52. The molecule has 156 valence electrons. The van der Waals surface area contributed by atoms with Crippen LogP contribution < -0.4 is 0 Å². The molecule has 0 radical (unpaired) electrons. The third-order valence-corrected chi connectivity index (χ3v) is 7.17. The zero-order valence-corrected chi connectivity index (χ0v) is 18.6. The van der Waals surface area contributed by atoms with Crippen LogP contribution >= 0.6 is 11.8 Å². The molecule has 3 heteroatoms. The number of fused-ring (bicyclic) bond motifs is 1. The van der Waals surface area contributed by atoms with Crippen LogP contribution in [0, 0.1) is 0 Å². The van der Waals surface area contributed by atoms with Crippen molar-refractivity contribution in [2.24, 2.45) is 4.99 Å². The molecule has 0 spiro atoms. The fourth-order valence-corrected chi connectivity index (χ4v) is 5.72. The molecule has 5 rings (SSSR count). The molecular formula is C29H23NOS. The second-order valence-corrected chi connectivity index (χ2v) is 9.24. The summed E-state index contributed by atoms with van der Waals surface area (Å²) in [6.07, 6.45) is 0. The number of hydrogen-bond acceptors (Lipinski definition) is 3. The monoisotopic (exact) mass is 433 g/mol. The highest BCUT2D eigenvalue weighted by molar-refractivity contribution is 8.15. The van der Waals surface area contributed by atoms with Gasteiger partial charge in [0.05, 0.1) is 21.4 Å². The first kappa shape index (κ1) is 20.5. The van der Waals surface area contributed by atoms with Crippen LogP contribution in [0.4, 0.5) is 5.69 Å². The Labute approximate surface area is 193 Å². The molecule has 0 amide bonds. The molecule has 4 aromatic rings. The second kappa shape index (κ2) is 8.60. The van der Waals surface area contributed by atoms with Crippen LogP contribution in [0.2, 0.25) is 0 Å². The van der Waals surface area contributed by atoms with E-state index in [1.54, 1.807) is 11.8 Å². The SMILES string of the molecule is CC(SC1=Nc2ccccc2C1(c1ccccc1)c1ccccc1)C(=O)c1ccccc1. The number of hydrogen-bond donors (Lipinski definition) is 0. The number of thioether (sulfide) groups is 1. The van der Waals surface area contributed by atoms with Gasteiger partial charge in [-0.3, -0.25) is 4.79 Å². The highest BCUT2D eigenvalue weighted by atomic mass is 32.2. The van der Waals surface area contributed by atoms with E-state index in [9.17, 15) is 4.79 Å². The van der Waals surface area contributed by atoms with Crippen molar-refractivity contribution in [3.8, 4) is 0 Å². The van der Waals surface area contributed by atoms with Crippen molar-refractivity contribution in [3.05, 3.63) is 138 Å². The van der Waals surface area contributed by atoms with E-state index in [4.69, 9.17) is 4.99 Å². The van der Waals surface area contributed by atoms with Crippen LogP contribution in [0.3, 0.4) is 0 Å². The molecule has 0 aromatic heterocycles. The van der Waals surface area contributed by atoms with Gasteiger partial charge in [-0.1, -0.05) is 121 Å². The third-order valence-electron chi connectivity index (χ3n) is 5.98. The fourth-order valence-electron chi connectivity index (χ4n) is 4.47. The Morgan fingerprint density at radius 3 is 1.81 bits per heavy atom. The molecule has 1 unspecified atom stereocenters. The average molecular weight is 434 g/mol. The van der Waals surface area contributed by atoms with Gasteiger partial charge in [-0.25, -0.2) is 4.99 Å². The first-order chi connectivity index (χ1) is 15.7. The van der Waals surface area contributed by atoms with Gasteiger partial charge < -0.3 is 0 Å². The molecule has 0 fully saturated rings. The maximum Gasteiger partial charge on any atom is 0.175 e. The van der Waals surface area contributed by atoms with E-state index in [0.717, 1.165) is 33.0 Å². The van der Waals surface area contributed by atoms with Crippen LogP contribution in [-0.2, 0) is 5.41 Å². The summed E-state index contributed by atoms with van der Waals surface area (Å²) in [5.74, 6) is 0.115. The quantitative estimate of drug-likeness (QED) is 0.315. The molecule has 0 N–H and O–H groups in total. The number of aliphatic imine (C=N–C) groups is 1. The normalized spacial score (nSPS) is 15.0. The maximum atomic E-state index is 13.2. The van der Waals surface area contributed by atoms with Gasteiger partial charge in [0.2, 0.25) is 0 Å². The van der Waals surface area contributed by atoms with Gasteiger partial charge in [-0.05, 0) is 29.7 Å². The molecule has 0 saturated carbocycles. The van der Waals surface area contributed by atoms with Crippen molar-refractivity contribution >= 4 is 28.3 Å². The van der Waals surface area contributed by atoms with Gasteiger partial charge in [0.25, 0.3) is 0 Å². The summed E-state index contributed by atoms with van der Waals surface area (Å²) in [7, 11) is 0. The van der Waals surface area contributed by atoms with E-state index in [1.807, 2.05) is 55.5 Å².